The maximum absolute atomic E-state index is 11.9. The first-order valence-corrected chi connectivity index (χ1v) is 5.66. The molecule has 1 aromatic heterocycles. The molecule has 1 N–H and O–H groups in total. The van der Waals surface area contributed by atoms with E-state index in [1.807, 2.05) is 12.1 Å². The van der Waals surface area contributed by atoms with Crippen molar-refractivity contribution in [3.8, 4) is 0 Å². The third kappa shape index (κ3) is 2.91. The molecule has 1 aliphatic rings. The number of aromatic nitrogens is 1. The third-order valence-corrected chi connectivity index (χ3v) is 2.72. The molecule has 0 bridgehead atoms. The van der Waals surface area contributed by atoms with Crippen molar-refractivity contribution < 1.29 is 9.59 Å². The van der Waals surface area contributed by atoms with Crippen molar-refractivity contribution in [2.45, 2.75) is 12.8 Å². The minimum atomic E-state index is -0.235. The van der Waals surface area contributed by atoms with Crippen molar-refractivity contribution in [2.24, 2.45) is 5.10 Å². The van der Waals surface area contributed by atoms with Crippen LogP contribution in [0.25, 0.3) is 0 Å². The normalized spacial score (nSPS) is 14.1. The molecule has 0 fully saturated rings. The number of nitrogens with one attached hydrogen (secondary N) is 1. The van der Waals surface area contributed by atoms with Crippen LogP contribution in [0, 0.1) is 0 Å². The quantitative estimate of drug-likeness (QED) is 0.810. The Hall–Kier alpha value is -2.24. The highest BCUT2D eigenvalue weighted by atomic mass is 16.2. The fourth-order valence-electron chi connectivity index (χ4n) is 1.65. The summed E-state index contributed by atoms with van der Waals surface area (Å²) in [5.41, 5.74) is 3.67. The number of rotatable bonds is 4. The zero-order valence-electron chi connectivity index (χ0n) is 10.1. The molecule has 0 aromatic carbocycles. The van der Waals surface area contributed by atoms with Crippen LogP contribution in [0.3, 0.4) is 0 Å². The summed E-state index contributed by atoms with van der Waals surface area (Å²) in [6.45, 7) is 0.579. The first-order chi connectivity index (χ1) is 8.66. The highest BCUT2D eigenvalue weighted by Gasteiger charge is 2.23. The number of hydrazone groups is 1. The molecule has 1 aromatic rings. The summed E-state index contributed by atoms with van der Waals surface area (Å²) >= 11 is 0. The summed E-state index contributed by atoms with van der Waals surface area (Å²) in [6.07, 6.45) is 4.26. The maximum atomic E-state index is 11.9. The van der Waals surface area contributed by atoms with E-state index in [4.69, 9.17) is 0 Å². The van der Waals surface area contributed by atoms with Gasteiger partial charge in [-0.05, 0) is 24.1 Å². The molecule has 6 heteroatoms. The molecule has 18 heavy (non-hydrogen) atoms. The highest BCUT2D eigenvalue weighted by molar-refractivity contribution is 6.42. The molecule has 0 unspecified atom stereocenters. The molecule has 2 heterocycles. The summed E-state index contributed by atoms with van der Waals surface area (Å²) in [5, 5.41) is 3.71. The molecule has 0 saturated carbocycles. The predicted molar refractivity (Wildman–Crippen MR) is 65.8 cm³/mol. The lowest BCUT2D eigenvalue weighted by atomic mass is 10.2. The summed E-state index contributed by atoms with van der Waals surface area (Å²) in [7, 11) is 1.70. The minimum absolute atomic E-state index is 0.0679. The Kier molecular flexibility index (Phi) is 3.66. The smallest absolute Gasteiger partial charge is 0.270 e. The Morgan fingerprint density at radius 3 is 2.78 bits per heavy atom. The molecule has 0 atom stereocenters. The number of carbonyl (C=O) groups excluding carboxylic acids is 2. The molecular weight excluding hydrogens is 232 g/mol. The van der Waals surface area contributed by atoms with E-state index in [-0.39, 0.29) is 23.9 Å². The maximum Gasteiger partial charge on any atom is 0.270 e. The fourth-order valence-corrected chi connectivity index (χ4v) is 1.65. The molecule has 0 radical (unpaired) electrons. The number of hydrogen-bond acceptors (Lipinski definition) is 4. The minimum Gasteiger partial charge on any atom is -0.340 e. The van der Waals surface area contributed by atoms with Crippen molar-refractivity contribution in [2.75, 3.05) is 13.6 Å². The number of likely N-dealkylation sites (N-methyl/N-ethyl adjacent to an activating group) is 1. The number of amides is 2. The monoisotopic (exact) mass is 246 g/mol. The average molecular weight is 246 g/mol. The second kappa shape index (κ2) is 5.39. The summed E-state index contributed by atoms with van der Waals surface area (Å²) in [4.78, 5) is 28.4. The predicted octanol–water partition coefficient (Wildman–Crippen LogP) is -0.0416. The standard InChI is InChI=1S/C12H14N4O2/c1-16(7-4-9-2-5-13-6-3-9)12(18)10-8-11(17)15-14-10/h2-3,5-6H,4,7-8H2,1H3,(H,15,17). The van der Waals surface area contributed by atoms with E-state index in [2.05, 4.69) is 15.5 Å². The number of hydrogen-bond donors (Lipinski definition) is 1. The van der Waals surface area contributed by atoms with Gasteiger partial charge in [0, 0.05) is 26.0 Å². The molecule has 6 nitrogen and oxygen atoms in total. The Morgan fingerprint density at radius 1 is 1.44 bits per heavy atom. The summed E-state index contributed by atoms with van der Waals surface area (Å²) in [6, 6.07) is 3.83. The van der Waals surface area contributed by atoms with Crippen LogP contribution in [0.4, 0.5) is 0 Å². The van der Waals surface area contributed by atoms with Gasteiger partial charge in [0.05, 0.1) is 6.42 Å². The van der Waals surface area contributed by atoms with E-state index in [1.54, 1.807) is 24.3 Å². The second-order valence-electron chi connectivity index (χ2n) is 4.10. The molecule has 2 amide bonds. The van der Waals surface area contributed by atoms with Crippen molar-refractivity contribution in [3.63, 3.8) is 0 Å². The van der Waals surface area contributed by atoms with Gasteiger partial charge in [0.25, 0.3) is 5.91 Å². The van der Waals surface area contributed by atoms with Crippen LogP contribution < -0.4 is 5.43 Å². The van der Waals surface area contributed by atoms with E-state index in [0.29, 0.717) is 6.54 Å². The SMILES string of the molecule is CN(CCc1ccncc1)C(=O)C1=NNC(=O)C1. The topological polar surface area (TPSA) is 74.7 Å². The van der Waals surface area contributed by atoms with Crippen LogP contribution in [0.2, 0.25) is 0 Å². The van der Waals surface area contributed by atoms with Crippen molar-refractivity contribution in [1.82, 2.24) is 15.3 Å². The zero-order valence-corrected chi connectivity index (χ0v) is 10.1. The third-order valence-electron chi connectivity index (χ3n) is 2.72. The van der Waals surface area contributed by atoms with Gasteiger partial charge in [-0.25, -0.2) is 5.43 Å². The van der Waals surface area contributed by atoms with Gasteiger partial charge in [0.2, 0.25) is 5.91 Å². The van der Waals surface area contributed by atoms with Crippen LogP contribution in [-0.2, 0) is 16.0 Å². The molecule has 94 valence electrons. The van der Waals surface area contributed by atoms with E-state index in [9.17, 15) is 9.59 Å². The van der Waals surface area contributed by atoms with Gasteiger partial charge >= 0.3 is 0 Å². The Morgan fingerprint density at radius 2 is 2.17 bits per heavy atom. The molecule has 0 aliphatic carbocycles. The van der Waals surface area contributed by atoms with Crippen molar-refractivity contribution in [3.05, 3.63) is 30.1 Å². The summed E-state index contributed by atoms with van der Waals surface area (Å²) < 4.78 is 0. The zero-order chi connectivity index (χ0) is 13.0. The highest BCUT2D eigenvalue weighted by Crippen LogP contribution is 2.03. The second-order valence-corrected chi connectivity index (χ2v) is 4.10. The van der Waals surface area contributed by atoms with Gasteiger partial charge in [-0.1, -0.05) is 0 Å². The lowest BCUT2D eigenvalue weighted by Crippen LogP contribution is -2.34. The van der Waals surface area contributed by atoms with Gasteiger partial charge in [0.15, 0.2) is 0 Å². The average Bonchev–Trinajstić information content (AvgIpc) is 2.83. The van der Waals surface area contributed by atoms with E-state index < -0.39 is 0 Å². The van der Waals surface area contributed by atoms with Gasteiger partial charge in [0.1, 0.15) is 5.71 Å². The largest absolute Gasteiger partial charge is 0.340 e. The van der Waals surface area contributed by atoms with E-state index >= 15 is 0 Å². The lowest BCUT2D eigenvalue weighted by molar-refractivity contribution is -0.124. The van der Waals surface area contributed by atoms with Crippen LogP contribution in [0.5, 0.6) is 0 Å². The van der Waals surface area contributed by atoms with Crippen molar-refractivity contribution >= 4 is 17.5 Å². The van der Waals surface area contributed by atoms with Crippen LogP contribution >= 0.6 is 0 Å². The number of pyridine rings is 1. The van der Waals surface area contributed by atoms with E-state index in [0.717, 1.165) is 12.0 Å². The number of nitrogens with zero attached hydrogens (tertiary/aromatic N) is 3. The Bertz CT molecular complexity index is 484. The molecule has 0 saturated heterocycles. The number of carbonyl (C=O) groups is 2. The molecule has 0 spiro atoms. The Balaban J connectivity index is 1.87. The lowest BCUT2D eigenvalue weighted by Gasteiger charge is -2.16. The fraction of sp³-hybridized carbons (Fsp3) is 0.333. The molecule has 2 rings (SSSR count). The first kappa shape index (κ1) is 12.2. The van der Waals surface area contributed by atoms with Crippen LogP contribution in [-0.4, -0.2) is 41.0 Å². The van der Waals surface area contributed by atoms with Gasteiger partial charge in [-0.15, -0.1) is 0 Å². The van der Waals surface area contributed by atoms with Crippen LogP contribution in [0.1, 0.15) is 12.0 Å². The Labute approximate surface area is 105 Å². The van der Waals surface area contributed by atoms with Gasteiger partial charge < -0.3 is 4.90 Å². The van der Waals surface area contributed by atoms with Crippen molar-refractivity contribution in [1.29, 1.82) is 0 Å². The molecule has 1 aliphatic heterocycles. The van der Waals surface area contributed by atoms with E-state index in [1.165, 1.54) is 0 Å². The van der Waals surface area contributed by atoms with Crippen LogP contribution in [0.15, 0.2) is 29.6 Å². The first-order valence-electron chi connectivity index (χ1n) is 5.66. The van der Waals surface area contributed by atoms with Gasteiger partial charge in [-0.2, -0.15) is 5.10 Å². The molecular formula is C12H14N4O2. The van der Waals surface area contributed by atoms with Gasteiger partial charge in [-0.3, -0.25) is 14.6 Å². The summed E-state index contributed by atoms with van der Waals surface area (Å²) in [5.74, 6) is -0.441.